The first kappa shape index (κ1) is 13.8. The minimum atomic E-state index is -0.206. The van der Waals surface area contributed by atoms with Crippen molar-refractivity contribution in [2.45, 2.75) is 56.5 Å². The van der Waals surface area contributed by atoms with E-state index in [1.807, 2.05) is 0 Å². The zero-order chi connectivity index (χ0) is 13.2. The van der Waals surface area contributed by atoms with Gasteiger partial charge in [0.05, 0.1) is 0 Å². The van der Waals surface area contributed by atoms with E-state index in [1.165, 1.54) is 12.8 Å². The van der Waals surface area contributed by atoms with Crippen LogP contribution >= 0.6 is 0 Å². The van der Waals surface area contributed by atoms with Crippen LogP contribution in [0.4, 0.5) is 0 Å². The van der Waals surface area contributed by atoms with Crippen molar-refractivity contribution >= 4 is 5.91 Å². The van der Waals surface area contributed by atoms with Crippen molar-refractivity contribution < 1.29 is 4.79 Å². The second kappa shape index (κ2) is 5.57. The van der Waals surface area contributed by atoms with Gasteiger partial charge < -0.3 is 15.5 Å². The van der Waals surface area contributed by atoms with Gasteiger partial charge in [-0.3, -0.25) is 4.79 Å². The highest BCUT2D eigenvalue weighted by atomic mass is 16.2. The van der Waals surface area contributed by atoms with Gasteiger partial charge in [-0.2, -0.15) is 0 Å². The van der Waals surface area contributed by atoms with E-state index in [9.17, 15) is 4.79 Å². The standard InChI is InChI=1S/C14H27N3O/c1-16(2)11-12-6-5-9-17(12)13(18)10-14(15)7-3-4-8-14/h12H,3-11,15H2,1-2H3. The van der Waals surface area contributed by atoms with Gasteiger partial charge in [-0.05, 0) is 39.8 Å². The van der Waals surface area contributed by atoms with Crippen molar-refractivity contribution in [3.8, 4) is 0 Å². The Morgan fingerprint density at radius 1 is 1.33 bits per heavy atom. The van der Waals surface area contributed by atoms with E-state index in [4.69, 9.17) is 5.73 Å². The fourth-order valence-electron chi connectivity index (χ4n) is 3.43. The van der Waals surface area contributed by atoms with Crippen molar-refractivity contribution in [3.05, 3.63) is 0 Å². The molecule has 4 heteroatoms. The molecule has 1 saturated heterocycles. The normalized spacial score (nSPS) is 27.1. The van der Waals surface area contributed by atoms with Crippen LogP contribution in [-0.4, -0.2) is 54.5 Å². The topological polar surface area (TPSA) is 49.6 Å². The molecule has 4 nitrogen and oxygen atoms in total. The number of nitrogens with two attached hydrogens (primary N) is 1. The molecule has 0 aromatic carbocycles. The molecule has 1 aliphatic heterocycles. The monoisotopic (exact) mass is 253 g/mol. The molecule has 0 radical (unpaired) electrons. The van der Waals surface area contributed by atoms with Crippen LogP contribution in [0, 0.1) is 0 Å². The molecule has 1 amide bonds. The van der Waals surface area contributed by atoms with Crippen molar-refractivity contribution in [1.29, 1.82) is 0 Å². The van der Waals surface area contributed by atoms with Gasteiger partial charge in [0, 0.05) is 31.1 Å². The molecule has 0 aromatic rings. The quantitative estimate of drug-likeness (QED) is 0.819. The van der Waals surface area contributed by atoms with Crippen molar-refractivity contribution in [2.24, 2.45) is 5.73 Å². The summed E-state index contributed by atoms with van der Waals surface area (Å²) in [5, 5.41) is 0. The molecule has 2 rings (SSSR count). The number of amides is 1. The van der Waals surface area contributed by atoms with Crippen molar-refractivity contribution in [1.82, 2.24) is 9.80 Å². The van der Waals surface area contributed by atoms with Crippen LogP contribution in [0.1, 0.15) is 44.9 Å². The average molecular weight is 253 g/mol. The summed E-state index contributed by atoms with van der Waals surface area (Å²) >= 11 is 0. The molecule has 1 heterocycles. The van der Waals surface area contributed by atoms with Gasteiger partial charge in [-0.15, -0.1) is 0 Å². The van der Waals surface area contributed by atoms with E-state index in [-0.39, 0.29) is 11.4 Å². The van der Waals surface area contributed by atoms with Crippen LogP contribution in [0.15, 0.2) is 0 Å². The third kappa shape index (κ3) is 3.23. The lowest BCUT2D eigenvalue weighted by Gasteiger charge is -2.31. The molecule has 0 spiro atoms. The summed E-state index contributed by atoms with van der Waals surface area (Å²) in [6.45, 7) is 1.90. The summed E-state index contributed by atoms with van der Waals surface area (Å²) < 4.78 is 0. The smallest absolute Gasteiger partial charge is 0.224 e. The van der Waals surface area contributed by atoms with Gasteiger partial charge in [-0.25, -0.2) is 0 Å². The van der Waals surface area contributed by atoms with Gasteiger partial charge in [0.25, 0.3) is 0 Å². The maximum Gasteiger partial charge on any atom is 0.224 e. The van der Waals surface area contributed by atoms with Crippen LogP contribution in [0.25, 0.3) is 0 Å². The Bertz CT molecular complexity index is 297. The first-order valence-electron chi connectivity index (χ1n) is 7.23. The molecular formula is C14H27N3O. The van der Waals surface area contributed by atoms with E-state index >= 15 is 0 Å². The second-order valence-electron chi connectivity index (χ2n) is 6.39. The van der Waals surface area contributed by atoms with Crippen molar-refractivity contribution in [2.75, 3.05) is 27.2 Å². The Balaban J connectivity index is 1.91. The summed E-state index contributed by atoms with van der Waals surface area (Å²) in [5.74, 6) is 0.281. The van der Waals surface area contributed by atoms with Crippen LogP contribution in [0.3, 0.4) is 0 Å². The lowest BCUT2D eigenvalue weighted by molar-refractivity contribution is -0.133. The van der Waals surface area contributed by atoms with Gasteiger partial charge in [0.2, 0.25) is 5.91 Å². The predicted molar refractivity (Wildman–Crippen MR) is 73.3 cm³/mol. The third-order valence-corrected chi connectivity index (χ3v) is 4.38. The zero-order valence-corrected chi connectivity index (χ0v) is 11.8. The first-order valence-corrected chi connectivity index (χ1v) is 7.23. The number of hydrogen-bond acceptors (Lipinski definition) is 3. The van der Waals surface area contributed by atoms with Gasteiger partial charge >= 0.3 is 0 Å². The average Bonchev–Trinajstić information content (AvgIpc) is 2.86. The fraction of sp³-hybridized carbons (Fsp3) is 0.929. The first-order chi connectivity index (χ1) is 8.50. The molecular weight excluding hydrogens is 226 g/mol. The number of carbonyl (C=O) groups is 1. The van der Waals surface area contributed by atoms with E-state index in [0.29, 0.717) is 12.5 Å². The van der Waals surface area contributed by atoms with Gasteiger partial charge in [0.15, 0.2) is 0 Å². The largest absolute Gasteiger partial charge is 0.338 e. The summed E-state index contributed by atoms with van der Waals surface area (Å²) in [7, 11) is 4.14. The lowest BCUT2D eigenvalue weighted by atomic mass is 9.94. The number of carbonyl (C=O) groups excluding carboxylic acids is 1. The lowest BCUT2D eigenvalue weighted by Crippen LogP contribution is -2.47. The molecule has 1 unspecified atom stereocenters. The molecule has 104 valence electrons. The minimum Gasteiger partial charge on any atom is -0.338 e. The van der Waals surface area contributed by atoms with Gasteiger partial charge in [-0.1, -0.05) is 12.8 Å². The molecule has 1 saturated carbocycles. The third-order valence-electron chi connectivity index (χ3n) is 4.38. The Hall–Kier alpha value is -0.610. The molecule has 1 atom stereocenters. The molecule has 18 heavy (non-hydrogen) atoms. The summed E-state index contributed by atoms with van der Waals surface area (Å²) in [5.41, 5.74) is 6.11. The zero-order valence-electron chi connectivity index (χ0n) is 11.8. The van der Waals surface area contributed by atoms with Gasteiger partial charge in [0.1, 0.15) is 0 Å². The van der Waals surface area contributed by atoms with Crippen LogP contribution in [-0.2, 0) is 4.79 Å². The number of rotatable bonds is 4. The Kier molecular flexibility index (Phi) is 4.28. The van der Waals surface area contributed by atoms with Crippen LogP contribution < -0.4 is 5.73 Å². The van der Waals surface area contributed by atoms with E-state index < -0.39 is 0 Å². The van der Waals surface area contributed by atoms with E-state index in [2.05, 4.69) is 23.9 Å². The summed E-state index contributed by atoms with van der Waals surface area (Å²) in [6.07, 6.45) is 7.24. The molecule has 0 bridgehead atoms. The number of likely N-dealkylation sites (tertiary alicyclic amines) is 1. The fourth-order valence-corrected chi connectivity index (χ4v) is 3.43. The Labute approximate surface area is 110 Å². The van der Waals surface area contributed by atoms with Crippen LogP contribution in [0.5, 0.6) is 0 Å². The maximum atomic E-state index is 12.4. The van der Waals surface area contributed by atoms with E-state index in [0.717, 1.165) is 38.8 Å². The van der Waals surface area contributed by atoms with E-state index in [1.54, 1.807) is 0 Å². The minimum absolute atomic E-state index is 0.206. The predicted octanol–water partition coefficient (Wildman–Crippen LogP) is 1.20. The molecule has 2 N–H and O–H groups in total. The summed E-state index contributed by atoms with van der Waals surface area (Å²) in [6, 6.07) is 0.400. The van der Waals surface area contributed by atoms with Crippen LogP contribution in [0.2, 0.25) is 0 Å². The molecule has 2 fully saturated rings. The Morgan fingerprint density at radius 2 is 2.00 bits per heavy atom. The number of hydrogen-bond donors (Lipinski definition) is 1. The molecule has 2 aliphatic rings. The number of nitrogens with zero attached hydrogens (tertiary/aromatic N) is 2. The Morgan fingerprint density at radius 3 is 2.61 bits per heavy atom. The SMILES string of the molecule is CN(C)CC1CCCN1C(=O)CC1(N)CCCC1. The second-order valence-corrected chi connectivity index (χ2v) is 6.39. The molecule has 0 aromatic heterocycles. The summed E-state index contributed by atoms with van der Waals surface area (Å²) in [4.78, 5) is 16.7. The highest BCUT2D eigenvalue weighted by Gasteiger charge is 2.36. The maximum absolute atomic E-state index is 12.4. The molecule has 1 aliphatic carbocycles. The van der Waals surface area contributed by atoms with Crippen molar-refractivity contribution in [3.63, 3.8) is 0 Å². The highest BCUT2D eigenvalue weighted by molar-refractivity contribution is 5.78. The highest BCUT2D eigenvalue weighted by Crippen LogP contribution is 2.31. The number of likely N-dealkylation sites (N-methyl/N-ethyl adjacent to an activating group) is 1.